The van der Waals surface area contributed by atoms with Crippen LogP contribution in [0.3, 0.4) is 0 Å². The summed E-state index contributed by atoms with van der Waals surface area (Å²) in [5.74, 6) is 4.10. The molecule has 0 spiro atoms. The highest BCUT2D eigenvalue weighted by Gasteiger charge is 2.56. The van der Waals surface area contributed by atoms with Crippen LogP contribution in [0.15, 0.2) is 23.3 Å². The van der Waals surface area contributed by atoms with Crippen LogP contribution in [0.4, 0.5) is 0 Å². The molecule has 1 nitrogen and oxygen atoms in total. The van der Waals surface area contributed by atoms with Gasteiger partial charge in [0.25, 0.3) is 0 Å². The van der Waals surface area contributed by atoms with E-state index in [0.29, 0.717) is 22.9 Å². The van der Waals surface area contributed by atoms with E-state index in [1.54, 1.807) is 0 Å². The van der Waals surface area contributed by atoms with E-state index in [4.69, 9.17) is 4.43 Å². The summed E-state index contributed by atoms with van der Waals surface area (Å²) < 4.78 is 6.61. The zero-order valence-electron chi connectivity index (χ0n) is 23.4. The van der Waals surface area contributed by atoms with Gasteiger partial charge >= 0.3 is 0 Å². The first-order chi connectivity index (χ1) is 15.3. The third-order valence-electron chi connectivity index (χ3n) is 11.0. The van der Waals surface area contributed by atoms with Crippen molar-refractivity contribution in [2.24, 2.45) is 40.4 Å². The van der Waals surface area contributed by atoms with Crippen molar-refractivity contribution >= 4 is 8.32 Å². The number of hydrogen-bond donors (Lipinski definition) is 0. The quantitative estimate of drug-likeness (QED) is 0.266. The van der Waals surface area contributed by atoms with Crippen molar-refractivity contribution in [1.82, 2.24) is 0 Å². The molecule has 0 aromatic rings. The predicted octanol–water partition coefficient (Wildman–Crippen LogP) is 9.56. The fraction of sp³-hybridized carbons (Fsp3) is 0.871. The molecular weight excluding hydrogens is 416 g/mol. The second kappa shape index (κ2) is 9.27. The van der Waals surface area contributed by atoms with E-state index in [2.05, 4.69) is 60.8 Å². The van der Waals surface area contributed by atoms with Gasteiger partial charge in [0.1, 0.15) is 0 Å². The zero-order chi connectivity index (χ0) is 24.2. The van der Waals surface area contributed by atoms with Gasteiger partial charge in [-0.25, -0.2) is 0 Å². The summed E-state index contributed by atoms with van der Waals surface area (Å²) in [6, 6.07) is 0. The van der Waals surface area contributed by atoms with Crippen molar-refractivity contribution in [2.45, 2.75) is 131 Å². The molecule has 0 aliphatic heterocycles. The molecule has 2 heteroatoms. The molecule has 0 heterocycles. The zero-order valence-corrected chi connectivity index (χ0v) is 24.4. The fourth-order valence-corrected chi connectivity index (χ4v) is 10.1. The van der Waals surface area contributed by atoms with Gasteiger partial charge in [-0.2, -0.15) is 0 Å². The molecule has 0 saturated heterocycles. The molecule has 33 heavy (non-hydrogen) atoms. The molecule has 0 aromatic heterocycles. The van der Waals surface area contributed by atoms with Crippen LogP contribution in [0.2, 0.25) is 19.6 Å². The first kappa shape index (κ1) is 25.7. The Bertz CT molecular complexity index is 772. The lowest BCUT2D eigenvalue weighted by atomic mass is 9.50. The average Bonchev–Trinajstić information content (AvgIpc) is 3.08. The van der Waals surface area contributed by atoms with Crippen LogP contribution < -0.4 is 0 Å². The van der Waals surface area contributed by atoms with Gasteiger partial charge in [0.2, 0.25) is 0 Å². The van der Waals surface area contributed by atoms with Gasteiger partial charge in [0.05, 0.1) is 0 Å². The Hall–Kier alpha value is -0.343. The van der Waals surface area contributed by atoms with Gasteiger partial charge < -0.3 is 4.43 Å². The third-order valence-corrected chi connectivity index (χ3v) is 12.0. The first-order valence-electron chi connectivity index (χ1n) is 14.4. The molecule has 0 N–H and O–H groups in total. The molecule has 7 atom stereocenters. The second-order valence-electron chi connectivity index (χ2n) is 14.4. The fourth-order valence-electron chi connectivity index (χ4n) is 8.91. The van der Waals surface area contributed by atoms with Crippen molar-refractivity contribution in [3.63, 3.8) is 0 Å². The maximum atomic E-state index is 6.61. The maximum Gasteiger partial charge on any atom is 0.184 e. The van der Waals surface area contributed by atoms with E-state index >= 15 is 0 Å². The minimum Gasteiger partial charge on any atom is -0.415 e. The highest BCUT2D eigenvalue weighted by molar-refractivity contribution is 6.69. The van der Waals surface area contributed by atoms with Crippen LogP contribution in [0.25, 0.3) is 0 Å². The highest BCUT2D eigenvalue weighted by Crippen LogP contribution is 2.66. The van der Waals surface area contributed by atoms with E-state index < -0.39 is 8.32 Å². The van der Waals surface area contributed by atoms with Crippen molar-refractivity contribution in [3.8, 4) is 0 Å². The monoisotopic (exact) mass is 470 g/mol. The van der Waals surface area contributed by atoms with Crippen molar-refractivity contribution in [3.05, 3.63) is 23.3 Å². The second-order valence-corrected chi connectivity index (χ2v) is 18.8. The Morgan fingerprint density at radius 3 is 2.42 bits per heavy atom. The molecule has 0 radical (unpaired) electrons. The first-order valence-corrected chi connectivity index (χ1v) is 17.8. The molecule has 4 aliphatic carbocycles. The van der Waals surface area contributed by atoms with Crippen molar-refractivity contribution < 1.29 is 4.43 Å². The van der Waals surface area contributed by atoms with Gasteiger partial charge in [-0.05, 0) is 131 Å². The largest absolute Gasteiger partial charge is 0.415 e. The Labute approximate surface area is 207 Å². The number of fused-ring (bicyclic) bond motifs is 4. The Balaban J connectivity index is 1.48. The van der Waals surface area contributed by atoms with E-state index in [-0.39, 0.29) is 0 Å². The summed E-state index contributed by atoms with van der Waals surface area (Å²) in [4.78, 5) is 0. The van der Waals surface area contributed by atoms with Crippen molar-refractivity contribution in [2.75, 3.05) is 0 Å². The van der Waals surface area contributed by atoms with Crippen LogP contribution in [-0.4, -0.2) is 14.4 Å². The minimum absolute atomic E-state index is 0.465. The summed E-state index contributed by atoms with van der Waals surface area (Å²) in [7, 11) is -1.44. The Kier molecular flexibility index (Phi) is 7.23. The van der Waals surface area contributed by atoms with Gasteiger partial charge in [0, 0.05) is 6.10 Å². The Morgan fingerprint density at radius 1 is 1.03 bits per heavy atom. The summed E-state index contributed by atoms with van der Waals surface area (Å²) in [5, 5.41) is 0. The molecule has 0 aromatic carbocycles. The number of rotatable bonds is 7. The van der Waals surface area contributed by atoms with Crippen LogP contribution in [0, 0.1) is 40.4 Å². The van der Waals surface area contributed by atoms with Crippen molar-refractivity contribution in [1.29, 1.82) is 0 Å². The van der Waals surface area contributed by atoms with Crippen LogP contribution in [0.1, 0.15) is 105 Å². The molecule has 0 unspecified atom stereocenters. The summed E-state index contributed by atoms with van der Waals surface area (Å²) in [5.41, 5.74) is 6.35. The normalized spacial score (nSPS) is 39.8. The molecule has 2 fully saturated rings. The van der Waals surface area contributed by atoms with Gasteiger partial charge in [0.15, 0.2) is 8.32 Å². The minimum atomic E-state index is -1.44. The summed E-state index contributed by atoms with van der Waals surface area (Å²) in [6.45, 7) is 24.0. The van der Waals surface area contributed by atoms with Crippen LogP contribution in [-0.2, 0) is 4.43 Å². The smallest absolute Gasteiger partial charge is 0.184 e. The molecule has 0 amide bonds. The third kappa shape index (κ3) is 4.86. The van der Waals surface area contributed by atoms with Gasteiger partial charge in [-0.15, -0.1) is 0 Å². The molecular formula is C31H54OSi. The van der Waals surface area contributed by atoms with Gasteiger partial charge in [-0.3, -0.25) is 0 Å². The van der Waals surface area contributed by atoms with E-state index in [9.17, 15) is 0 Å². The lowest BCUT2D eigenvalue weighted by Crippen LogP contribution is -2.47. The standard InChI is InChI=1S/C31H54OSi/c1-21(2)22(3)10-11-23(4)27-14-15-28-26-13-12-24-20-25(32-33(7,8)9)16-18-30(24,5)29(26)17-19-31(27,28)6/h21,23-25,27-28H,3,10-20H2,1-2,4-9H3/t23-,24+,25+,27-,28+,30+,31-/m1/s1. The lowest BCUT2D eigenvalue weighted by molar-refractivity contribution is 0.0208. The van der Waals surface area contributed by atoms with Gasteiger partial charge in [-0.1, -0.05) is 57.9 Å². The average molecular weight is 471 g/mol. The summed E-state index contributed by atoms with van der Waals surface area (Å²) >= 11 is 0. The molecule has 0 bridgehead atoms. The predicted molar refractivity (Wildman–Crippen MR) is 146 cm³/mol. The highest BCUT2D eigenvalue weighted by atomic mass is 28.4. The Morgan fingerprint density at radius 2 is 1.76 bits per heavy atom. The number of allylic oxidation sites excluding steroid dienone is 3. The van der Waals surface area contributed by atoms with Crippen LogP contribution >= 0.6 is 0 Å². The lowest BCUT2D eigenvalue weighted by Gasteiger charge is -2.55. The van der Waals surface area contributed by atoms with E-state index in [1.807, 2.05) is 11.1 Å². The number of hydrogen-bond acceptors (Lipinski definition) is 1. The topological polar surface area (TPSA) is 9.23 Å². The molecule has 4 rings (SSSR count). The van der Waals surface area contributed by atoms with E-state index in [1.165, 1.54) is 76.2 Å². The van der Waals surface area contributed by atoms with E-state index in [0.717, 1.165) is 23.7 Å². The molecule has 4 aliphatic rings. The summed E-state index contributed by atoms with van der Waals surface area (Å²) in [6.07, 6.45) is 15.6. The molecule has 188 valence electrons. The SMILES string of the molecule is C=C(CC[C@@H](C)[C@H]1CC[C@H]2C3=C(CC[C@]12C)[C@@]1(C)CC[C@H](O[Si](C)(C)C)C[C@@H]1CC3)C(C)C. The molecule has 2 saturated carbocycles. The maximum absolute atomic E-state index is 6.61. The van der Waals surface area contributed by atoms with Crippen LogP contribution in [0.5, 0.6) is 0 Å².